The average molecular weight is 299 g/mol. The summed E-state index contributed by atoms with van der Waals surface area (Å²) < 4.78 is 13.3. The molecule has 0 aliphatic carbocycles. The summed E-state index contributed by atoms with van der Waals surface area (Å²) in [5, 5.41) is 3.71. The van der Waals surface area contributed by atoms with Crippen molar-refractivity contribution in [2.45, 2.75) is 12.2 Å². The Balaban J connectivity index is 2.01. The molecule has 1 atom stereocenters. The molecule has 2 aromatic heterocycles. The lowest BCUT2D eigenvalue weighted by molar-refractivity contribution is 0.678. The molecule has 6 heteroatoms. The Morgan fingerprint density at radius 1 is 1.24 bits per heavy atom. The van der Waals surface area contributed by atoms with Crippen LogP contribution in [0.3, 0.4) is 0 Å². The van der Waals surface area contributed by atoms with Gasteiger partial charge in [0.05, 0.1) is 22.3 Å². The predicted octanol–water partition coefficient (Wildman–Crippen LogP) is 1.52. The van der Waals surface area contributed by atoms with Crippen molar-refractivity contribution in [1.29, 1.82) is 0 Å². The Labute approximate surface area is 123 Å². The zero-order chi connectivity index (χ0) is 14.4. The molecule has 3 heterocycles. The molecule has 0 bridgehead atoms. The molecule has 0 fully saturated rings. The van der Waals surface area contributed by atoms with Gasteiger partial charge in [-0.15, -0.1) is 0 Å². The van der Waals surface area contributed by atoms with Crippen LogP contribution in [0.2, 0.25) is 0 Å². The molecule has 0 saturated carbocycles. The van der Waals surface area contributed by atoms with Gasteiger partial charge in [0.15, 0.2) is 0 Å². The number of aryl methyl sites for hydroxylation is 1. The number of hydrogen-bond acceptors (Lipinski definition) is 3. The van der Waals surface area contributed by atoms with E-state index in [1.807, 2.05) is 30.3 Å². The van der Waals surface area contributed by atoms with Gasteiger partial charge in [-0.05, 0) is 12.1 Å². The van der Waals surface area contributed by atoms with Crippen LogP contribution in [0.15, 0.2) is 41.3 Å². The number of hydrogen-bond donors (Lipinski definition) is 1. The lowest BCUT2D eigenvalue weighted by Crippen LogP contribution is -2.15. The van der Waals surface area contributed by atoms with Gasteiger partial charge in [0.2, 0.25) is 0 Å². The Morgan fingerprint density at radius 2 is 2.05 bits per heavy atom. The minimum absolute atomic E-state index is 0.122. The zero-order valence-corrected chi connectivity index (χ0v) is 12.0. The van der Waals surface area contributed by atoms with Crippen molar-refractivity contribution in [2.75, 3.05) is 5.75 Å². The van der Waals surface area contributed by atoms with Gasteiger partial charge in [-0.2, -0.15) is 0 Å². The van der Waals surface area contributed by atoms with Crippen molar-refractivity contribution < 1.29 is 4.21 Å². The second-order valence-electron chi connectivity index (χ2n) is 5.10. The molecule has 0 amide bonds. The van der Waals surface area contributed by atoms with Gasteiger partial charge in [-0.3, -0.25) is 19.1 Å². The quantitative estimate of drug-likeness (QED) is 0.741. The van der Waals surface area contributed by atoms with Gasteiger partial charge in [-0.25, -0.2) is 4.68 Å². The third-order valence-corrected chi connectivity index (χ3v) is 5.08. The van der Waals surface area contributed by atoms with E-state index >= 15 is 0 Å². The number of aromatic nitrogens is 3. The number of fused-ring (bicyclic) bond motifs is 3. The first-order valence-corrected chi connectivity index (χ1v) is 8.25. The van der Waals surface area contributed by atoms with E-state index in [4.69, 9.17) is 0 Å². The molecule has 21 heavy (non-hydrogen) atoms. The van der Waals surface area contributed by atoms with Crippen molar-refractivity contribution in [1.82, 2.24) is 14.8 Å². The van der Waals surface area contributed by atoms with E-state index in [9.17, 15) is 9.00 Å². The molecule has 1 aromatic carbocycles. The number of H-pyrrole nitrogens is 1. The molecule has 4 rings (SSSR count). The minimum atomic E-state index is -0.871. The van der Waals surface area contributed by atoms with Gasteiger partial charge in [-0.1, -0.05) is 18.2 Å². The van der Waals surface area contributed by atoms with E-state index in [1.165, 1.54) is 4.68 Å². The molecule has 1 unspecified atom stereocenters. The number of rotatable bonds is 1. The maximum Gasteiger partial charge on any atom is 0.280 e. The van der Waals surface area contributed by atoms with Crippen LogP contribution in [0.1, 0.15) is 11.3 Å². The first-order valence-electron chi connectivity index (χ1n) is 6.76. The fourth-order valence-corrected chi connectivity index (χ4v) is 3.94. The highest BCUT2D eigenvalue weighted by atomic mass is 32.2. The molecule has 1 aliphatic rings. The largest absolute Gasteiger partial charge is 0.290 e. The van der Waals surface area contributed by atoms with Crippen LogP contribution < -0.4 is 5.56 Å². The molecular formula is C15H13N3O2S. The number of pyridine rings is 1. The number of benzene rings is 1. The molecule has 0 radical (unpaired) electrons. The van der Waals surface area contributed by atoms with Crippen molar-refractivity contribution in [3.05, 3.63) is 58.1 Å². The molecule has 0 saturated heterocycles. The number of nitrogens with one attached hydrogen (secondary N) is 1. The summed E-state index contributed by atoms with van der Waals surface area (Å²) in [6, 6.07) is 9.42. The molecule has 3 aromatic rings. The first kappa shape index (κ1) is 12.5. The summed E-state index contributed by atoms with van der Waals surface area (Å²) in [5.41, 5.74) is 3.29. The van der Waals surface area contributed by atoms with Gasteiger partial charge in [0, 0.05) is 40.4 Å². The van der Waals surface area contributed by atoms with Crippen LogP contribution in [0, 0.1) is 0 Å². The summed E-state index contributed by atoms with van der Waals surface area (Å²) in [6.07, 6.45) is 2.33. The van der Waals surface area contributed by atoms with E-state index in [0.717, 1.165) is 22.5 Å². The fourth-order valence-electron chi connectivity index (χ4n) is 2.74. The highest BCUT2D eigenvalue weighted by Crippen LogP contribution is 2.23. The summed E-state index contributed by atoms with van der Waals surface area (Å²) in [6.45, 7) is 0. The van der Waals surface area contributed by atoms with E-state index in [-0.39, 0.29) is 5.56 Å². The molecule has 0 spiro atoms. The Bertz CT molecular complexity index is 912. The second-order valence-corrected chi connectivity index (χ2v) is 6.67. The van der Waals surface area contributed by atoms with Crippen LogP contribution in [0.5, 0.6) is 0 Å². The van der Waals surface area contributed by atoms with Gasteiger partial charge in [0.1, 0.15) is 0 Å². The summed E-state index contributed by atoms with van der Waals surface area (Å²) in [5.74, 6) is 1.11. The first-order chi connectivity index (χ1) is 10.2. The lowest BCUT2D eigenvalue weighted by Gasteiger charge is -2.14. The van der Waals surface area contributed by atoms with Crippen molar-refractivity contribution >= 4 is 21.7 Å². The smallest absolute Gasteiger partial charge is 0.280 e. The van der Waals surface area contributed by atoms with Crippen molar-refractivity contribution in [2.24, 2.45) is 0 Å². The zero-order valence-electron chi connectivity index (χ0n) is 11.2. The third kappa shape index (κ3) is 1.94. The Morgan fingerprint density at radius 3 is 2.86 bits per heavy atom. The number of para-hydroxylation sites is 1. The molecule has 106 valence electrons. The summed E-state index contributed by atoms with van der Waals surface area (Å²) in [7, 11) is -0.871. The molecular weight excluding hydrogens is 286 g/mol. The average Bonchev–Trinajstić information content (AvgIpc) is 2.86. The molecule has 5 nitrogen and oxygen atoms in total. The number of aromatic amines is 1. The van der Waals surface area contributed by atoms with E-state index in [2.05, 4.69) is 10.1 Å². The summed E-state index contributed by atoms with van der Waals surface area (Å²) >= 11 is 0. The third-order valence-electron chi connectivity index (χ3n) is 3.81. The normalized spacial score (nSPS) is 17.8. The molecule has 1 aliphatic heterocycles. The van der Waals surface area contributed by atoms with Crippen molar-refractivity contribution in [3.8, 4) is 5.69 Å². The lowest BCUT2D eigenvalue weighted by atomic mass is 10.1. The van der Waals surface area contributed by atoms with Gasteiger partial charge in [0.25, 0.3) is 5.56 Å². The minimum Gasteiger partial charge on any atom is -0.290 e. The highest BCUT2D eigenvalue weighted by Gasteiger charge is 2.21. The molecule has 1 N–H and O–H groups in total. The van der Waals surface area contributed by atoms with Gasteiger partial charge >= 0.3 is 0 Å². The van der Waals surface area contributed by atoms with Crippen LogP contribution in [0.4, 0.5) is 0 Å². The number of nitrogens with zero attached hydrogens (tertiary/aromatic N) is 2. The maximum atomic E-state index is 12.5. The monoisotopic (exact) mass is 299 g/mol. The topological polar surface area (TPSA) is 67.8 Å². The van der Waals surface area contributed by atoms with Crippen LogP contribution in [-0.2, 0) is 23.0 Å². The van der Waals surface area contributed by atoms with Gasteiger partial charge < -0.3 is 0 Å². The standard InChI is InChI=1S/C15H13N3O2S/c19-15-11-8-16-13-6-7-21(20)9-12(13)14(11)17-18(15)10-4-2-1-3-5-10/h1-5,8,17H,6-7,9H2. The summed E-state index contributed by atoms with van der Waals surface area (Å²) in [4.78, 5) is 16.9. The van der Waals surface area contributed by atoms with Crippen LogP contribution in [-0.4, -0.2) is 24.7 Å². The van der Waals surface area contributed by atoms with E-state index in [1.54, 1.807) is 6.20 Å². The van der Waals surface area contributed by atoms with Crippen LogP contribution in [0.25, 0.3) is 16.6 Å². The second kappa shape index (κ2) is 4.66. The predicted molar refractivity (Wildman–Crippen MR) is 82.1 cm³/mol. The Hall–Kier alpha value is -2.21. The van der Waals surface area contributed by atoms with Crippen LogP contribution >= 0.6 is 0 Å². The van der Waals surface area contributed by atoms with E-state index < -0.39 is 10.8 Å². The maximum absolute atomic E-state index is 12.5. The fraction of sp³-hybridized carbons (Fsp3) is 0.200. The highest BCUT2D eigenvalue weighted by molar-refractivity contribution is 7.84. The Kier molecular flexibility index (Phi) is 2.78. The van der Waals surface area contributed by atoms with Crippen molar-refractivity contribution in [3.63, 3.8) is 0 Å². The van der Waals surface area contributed by atoms with E-state index in [0.29, 0.717) is 23.3 Å². The SMILES string of the molecule is O=c1c2cnc3c(c2[nH]n1-c1ccccc1)CS(=O)CC3.